The second-order valence-electron chi connectivity index (χ2n) is 4.02. The summed E-state index contributed by atoms with van der Waals surface area (Å²) in [6, 6.07) is 5.62. The maximum Gasteiger partial charge on any atom is 0.511 e. The smallest absolute Gasteiger partial charge is 0.458 e. The van der Waals surface area contributed by atoms with Crippen molar-refractivity contribution >= 4 is 27.6 Å². The summed E-state index contributed by atoms with van der Waals surface area (Å²) in [5, 5.41) is 0.400. The van der Waals surface area contributed by atoms with Gasteiger partial charge in [0.15, 0.2) is 0 Å². The number of rotatable bonds is 5. The molecule has 5 nitrogen and oxygen atoms in total. The summed E-state index contributed by atoms with van der Waals surface area (Å²) in [6.07, 6.45) is -1.08. The number of esters is 1. The highest BCUT2D eigenvalue weighted by molar-refractivity contribution is 7.90. The molecule has 1 unspecified atom stereocenters. The molecule has 0 aliphatic carbocycles. The van der Waals surface area contributed by atoms with Crippen molar-refractivity contribution in [3.8, 4) is 0 Å². The Morgan fingerprint density at radius 3 is 2.33 bits per heavy atom. The van der Waals surface area contributed by atoms with Crippen molar-refractivity contribution in [2.24, 2.45) is 0 Å². The molecule has 0 aliphatic heterocycles. The van der Waals surface area contributed by atoms with Crippen molar-refractivity contribution in [1.29, 1.82) is 0 Å². The van der Waals surface area contributed by atoms with E-state index in [1.807, 2.05) is 0 Å². The van der Waals surface area contributed by atoms with Crippen molar-refractivity contribution in [2.45, 2.75) is 18.5 Å². The molecule has 0 aliphatic rings. The van der Waals surface area contributed by atoms with Crippen LogP contribution in [0.3, 0.4) is 0 Å². The van der Waals surface area contributed by atoms with Crippen LogP contribution in [0.25, 0.3) is 0 Å². The lowest BCUT2D eigenvalue weighted by Crippen LogP contribution is -2.40. The van der Waals surface area contributed by atoms with E-state index in [0.717, 1.165) is 0 Å². The fourth-order valence-electron chi connectivity index (χ4n) is 1.19. The van der Waals surface area contributed by atoms with Crippen LogP contribution in [0.5, 0.6) is 0 Å². The molecule has 1 aromatic carbocycles. The van der Waals surface area contributed by atoms with Gasteiger partial charge in [-0.05, 0) is 31.2 Å². The molecule has 1 rings (SSSR count). The summed E-state index contributed by atoms with van der Waals surface area (Å²) in [5.74, 6) is -0.801. The topological polar surface area (TPSA) is 72.5 Å². The summed E-state index contributed by atoms with van der Waals surface area (Å²) in [7, 11) is -5.46. The predicted molar refractivity (Wildman–Crippen MR) is 69.3 cm³/mol. The van der Waals surface area contributed by atoms with E-state index in [4.69, 9.17) is 16.3 Å². The number of sulfonamides is 1. The number of alkyl halides is 3. The third-order valence-corrected chi connectivity index (χ3v) is 3.66. The molecule has 0 fully saturated rings. The van der Waals surface area contributed by atoms with Crippen molar-refractivity contribution in [2.75, 3.05) is 6.54 Å². The van der Waals surface area contributed by atoms with Crippen molar-refractivity contribution in [3.63, 3.8) is 0 Å². The fraction of sp³-hybridized carbons (Fsp3) is 0.364. The average Bonchev–Trinajstić information content (AvgIpc) is 2.36. The average molecular weight is 346 g/mol. The Hall–Kier alpha value is -1.32. The number of hydrogen-bond donors (Lipinski definition) is 1. The van der Waals surface area contributed by atoms with Gasteiger partial charge in [-0.15, -0.1) is 0 Å². The Labute approximate surface area is 124 Å². The van der Waals surface area contributed by atoms with E-state index in [0.29, 0.717) is 5.02 Å². The van der Waals surface area contributed by atoms with Crippen LogP contribution in [-0.2, 0) is 14.8 Å². The Balaban J connectivity index is 2.56. The fourth-order valence-corrected chi connectivity index (χ4v) is 1.93. The first-order valence-corrected chi connectivity index (χ1v) is 7.41. The lowest BCUT2D eigenvalue weighted by molar-refractivity contribution is -0.0450. The number of carbonyl (C=O) groups excluding carboxylic acids is 1. The van der Waals surface area contributed by atoms with Crippen LogP contribution in [0.4, 0.5) is 13.2 Å². The molecular formula is C11H11ClF3NO4S. The highest BCUT2D eigenvalue weighted by Crippen LogP contribution is 2.21. The van der Waals surface area contributed by atoms with Crippen molar-refractivity contribution < 1.29 is 31.1 Å². The van der Waals surface area contributed by atoms with Crippen LogP contribution in [-0.4, -0.2) is 32.5 Å². The summed E-state index contributed by atoms with van der Waals surface area (Å²) in [4.78, 5) is 11.6. The number of halogens is 4. The van der Waals surface area contributed by atoms with E-state index in [1.54, 1.807) is 0 Å². The van der Waals surface area contributed by atoms with Crippen LogP contribution in [0, 0.1) is 0 Å². The number of benzene rings is 1. The number of carbonyl (C=O) groups is 1. The molecule has 0 bridgehead atoms. The zero-order chi connectivity index (χ0) is 16.3. The zero-order valence-corrected chi connectivity index (χ0v) is 12.2. The second-order valence-corrected chi connectivity index (χ2v) is 6.22. The van der Waals surface area contributed by atoms with Crippen LogP contribution in [0.1, 0.15) is 17.3 Å². The quantitative estimate of drug-likeness (QED) is 0.831. The molecule has 0 saturated carbocycles. The Kier molecular flexibility index (Phi) is 5.60. The molecule has 0 radical (unpaired) electrons. The van der Waals surface area contributed by atoms with Gasteiger partial charge in [-0.2, -0.15) is 13.2 Å². The summed E-state index contributed by atoms with van der Waals surface area (Å²) < 4.78 is 63.9. The maximum absolute atomic E-state index is 12.1. The molecule has 1 atom stereocenters. The highest BCUT2D eigenvalue weighted by atomic mass is 35.5. The molecule has 1 N–H and O–H groups in total. The molecule has 0 aromatic heterocycles. The lowest BCUT2D eigenvalue weighted by atomic mass is 10.2. The van der Waals surface area contributed by atoms with Gasteiger partial charge in [0.1, 0.15) is 6.10 Å². The molecule has 21 heavy (non-hydrogen) atoms. The van der Waals surface area contributed by atoms with Crippen LogP contribution in [0.15, 0.2) is 24.3 Å². The van der Waals surface area contributed by atoms with Crippen molar-refractivity contribution in [3.05, 3.63) is 34.9 Å². The van der Waals surface area contributed by atoms with Gasteiger partial charge in [0, 0.05) is 11.6 Å². The third kappa shape index (κ3) is 5.18. The lowest BCUT2D eigenvalue weighted by Gasteiger charge is -2.15. The van der Waals surface area contributed by atoms with E-state index < -0.39 is 34.1 Å². The number of ether oxygens (including phenoxy) is 1. The van der Waals surface area contributed by atoms with Gasteiger partial charge in [-0.25, -0.2) is 17.9 Å². The predicted octanol–water partition coefficient (Wildman–Crippen LogP) is 2.32. The second kappa shape index (κ2) is 6.63. The van der Waals surface area contributed by atoms with Gasteiger partial charge in [-0.1, -0.05) is 11.6 Å². The van der Waals surface area contributed by atoms with E-state index in [9.17, 15) is 26.4 Å². The molecule has 10 heteroatoms. The minimum atomic E-state index is -5.46. The Morgan fingerprint density at radius 1 is 1.33 bits per heavy atom. The normalized spacial score (nSPS) is 13.8. The first-order chi connectivity index (χ1) is 9.53. The van der Waals surface area contributed by atoms with Crippen LogP contribution in [0.2, 0.25) is 5.02 Å². The van der Waals surface area contributed by atoms with Crippen molar-refractivity contribution in [1.82, 2.24) is 4.72 Å². The third-order valence-electron chi connectivity index (χ3n) is 2.25. The molecular weight excluding hydrogens is 335 g/mol. The van der Waals surface area contributed by atoms with Gasteiger partial charge in [0.05, 0.1) is 5.56 Å². The largest absolute Gasteiger partial charge is 0.511 e. The minimum absolute atomic E-state index is 0.143. The standard InChI is InChI=1S/C11H11ClF3NO4S/c1-7(6-16-21(18,19)11(13,14)15)20-10(17)8-2-4-9(12)5-3-8/h2-5,7,16H,6H2,1H3. The molecule has 118 valence electrons. The molecule has 0 amide bonds. The summed E-state index contributed by atoms with van der Waals surface area (Å²) in [6.45, 7) is 0.563. The molecule has 0 saturated heterocycles. The van der Waals surface area contributed by atoms with Gasteiger partial charge in [0.2, 0.25) is 0 Å². The first kappa shape index (κ1) is 17.7. The monoisotopic (exact) mass is 345 g/mol. The van der Waals surface area contributed by atoms with E-state index >= 15 is 0 Å². The summed E-state index contributed by atoms with van der Waals surface area (Å²) in [5.41, 5.74) is -5.27. The molecule has 1 aromatic rings. The maximum atomic E-state index is 12.1. The van der Waals surface area contributed by atoms with Gasteiger partial charge in [0.25, 0.3) is 0 Å². The zero-order valence-electron chi connectivity index (χ0n) is 10.6. The Bertz CT molecular complexity index is 601. The Morgan fingerprint density at radius 2 is 1.86 bits per heavy atom. The van der Waals surface area contributed by atoms with E-state index in [1.165, 1.54) is 35.9 Å². The van der Waals surface area contributed by atoms with Gasteiger partial charge < -0.3 is 4.74 Å². The molecule has 0 spiro atoms. The highest BCUT2D eigenvalue weighted by Gasteiger charge is 2.45. The van der Waals surface area contributed by atoms with Gasteiger partial charge in [-0.3, -0.25) is 0 Å². The van der Waals surface area contributed by atoms with Gasteiger partial charge >= 0.3 is 21.5 Å². The van der Waals surface area contributed by atoms with Crippen LogP contribution >= 0.6 is 11.6 Å². The number of nitrogens with one attached hydrogen (secondary N) is 1. The number of hydrogen-bond acceptors (Lipinski definition) is 4. The van der Waals surface area contributed by atoms with Crippen LogP contribution < -0.4 is 4.72 Å². The summed E-state index contributed by atoms with van der Waals surface area (Å²) >= 11 is 5.63. The van der Waals surface area contributed by atoms with E-state index in [2.05, 4.69) is 0 Å². The van der Waals surface area contributed by atoms with E-state index in [-0.39, 0.29) is 5.56 Å². The minimum Gasteiger partial charge on any atom is -0.458 e. The molecule has 0 heterocycles. The SMILES string of the molecule is CC(CNS(=O)(=O)C(F)(F)F)OC(=O)c1ccc(Cl)cc1. The first-order valence-electron chi connectivity index (χ1n) is 5.55.